The van der Waals surface area contributed by atoms with Crippen molar-refractivity contribution in [3.05, 3.63) is 59.7 Å². The van der Waals surface area contributed by atoms with Gasteiger partial charge < -0.3 is 15.0 Å². The van der Waals surface area contributed by atoms with Crippen LogP contribution < -0.4 is 14.4 Å². The second kappa shape index (κ2) is 13.3. The van der Waals surface area contributed by atoms with E-state index in [1.54, 1.807) is 36.1 Å². The molecule has 0 saturated heterocycles. The molecule has 0 fully saturated rings. The molecule has 198 valence electrons. The number of sulfonamides is 1. The number of nitrogens with one attached hydrogen (secondary N) is 1. The fourth-order valence-corrected chi connectivity index (χ4v) is 4.77. The molecular weight excluding hydrogens is 478 g/mol. The molecule has 0 bridgehead atoms. The molecule has 2 aromatic rings. The molecule has 0 heterocycles. The van der Waals surface area contributed by atoms with Gasteiger partial charge in [0.25, 0.3) is 0 Å². The molecule has 0 aliphatic carbocycles. The van der Waals surface area contributed by atoms with Gasteiger partial charge in [0.2, 0.25) is 21.8 Å². The van der Waals surface area contributed by atoms with Crippen molar-refractivity contribution in [1.82, 2.24) is 10.2 Å². The van der Waals surface area contributed by atoms with Crippen LogP contribution in [0.5, 0.6) is 5.75 Å². The lowest BCUT2D eigenvalue weighted by molar-refractivity contribution is -0.140. The van der Waals surface area contributed by atoms with Crippen molar-refractivity contribution in [1.29, 1.82) is 0 Å². The number of carbonyl (C=O) groups excluding carboxylic acids is 2. The van der Waals surface area contributed by atoms with Gasteiger partial charge in [0.1, 0.15) is 11.8 Å². The number of amides is 2. The first-order valence-corrected chi connectivity index (χ1v) is 14.0. The number of benzene rings is 2. The third-order valence-corrected chi connectivity index (χ3v) is 6.97. The Hall–Kier alpha value is -3.07. The van der Waals surface area contributed by atoms with Gasteiger partial charge in [0.05, 0.1) is 19.1 Å². The first-order valence-electron chi connectivity index (χ1n) is 12.2. The van der Waals surface area contributed by atoms with Crippen molar-refractivity contribution >= 4 is 27.5 Å². The predicted molar refractivity (Wildman–Crippen MR) is 143 cm³/mol. The molecule has 2 rings (SSSR count). The Morgan fingerprint density at radius 2 is 1.75 bits per heavy atom. The van der Waals surface area contributed by atoms with Crippen LogP contribution in [0.3, 0.4) is 0 Å². The van der Waals surface area contributed by atoms with Crippen LogP contribution in [0.2, 0.25) is 0 Å². The maximum Gasteiger partial charge on any atom is 0.242 e. The smallest absolute Gasteiger partial charge is 0.242 e. The van der Waals surface area contributed by atoms with Crippen LogP contribution in [0.25, 0.3) is 0 Å². The normalized spacial score (nSPS) is 12.2. The minimum atomic E-state index is -3.57. The Kier molecular flexibility index (Phi) is 10.8. The van der Waals surface area contributed by atoms with Crippen molar-refractivity contribution < 1.29 is 22.7 Å². The minimum absolute atomic E-state index is 0.101. The monoisotopic (exact) mass is 517 g/mol. The highest BCUT2D eigenvalue weighted by Gasteiger charge is 2.26. The third kappa shape index (κ3) is 8.86. The Morgan fingerprint density at radius 1 is 1.06 bits per heavy atom. The summed E-state index contributed by atoms with van der Waals surface area (Å²) in [5.74, 6) is 0.421. The van der Waals surface area contributed by atoms with E-state index in [0.29, 0.717) is 36.9 Å². The maximum atomic E-state index is 13.3. The molecule has 36 heavy (non-hydrogen) atoms. The lowest BCUT2D eigenvalue weighted by Crippen LogP contribution is -2.48. The summed E-state index contributed by atoms with van der Waals surface area (Å²) in [6.45, 7) is 8.67. The molecule has 9 heteroatoms. The van der Waals surface area contributed by atoms with Crippen molar-refractivity contribution in [3.63, 3.8) is 0 Å². The van der Waals surface area contributed by atoms with E-state index in [2.05, 4.69) is 5.32 Å². The summed E-state index contributed by atoms with van der Waals surface area (Å²) in [7, 11) is -2.05. The van der Waals surface area contributed by atoms with Crippen molar-refractivity contribution in [3.8, 4) is 5.75 Å². The number of hydrogen-bond donors (Lipinski definition) is 1. The summed E-state index contributed by atoms with van der Waals surface area (Å²) in [6, 6.07) is 14.0. The van der Waals surface area contributed by atoms with Crippen LogP contribution in [-0.2, 0) is 26.2 Å². The molecule has 0 radical (unpaired) electrons. The number of anilines is 1. The Bertz CT molecular complexity index is 1130. The second-order valence-corrected chi connectivity index (χ2v) is 11.4. The molecule has 1 atom stereocenters. The summed E-state index contributed by atoms with van der Waals surface area (Å²) in [5.41, 5.74) is 2.47. The van der Waals surface area contributed by atoms with E-state index < -0.39 is 16.1 Å². The second-order valence-electron chi connectivity index (χ2n) is 9.47. The lowest BCUT2D eigenvalue weighted by atomic mass is 10.1. The SMILES string of the molecule is COc1cccc(N(CCCC(=O)N(Cc2cccc(C)c2)[C@H](C)C(=O)NCC(C)C)S(C)(=O)=O)c1. The molecule has 0 spiro atoms. The highest BCUT2D eigenvalue weighted by atomic mass is 32.2. The van der Waals surface area contributed by atoms with Crippen LogP contribution >= 0.6 is 0 Å². The Labute approximate surface area is 215 Å². The predicted octanol–water partition coefficient (Wildman–Crippen LogP) is 3.74. The molecule has 1 N–H and O–H groups in total. The van der Waals surface area contributed by atoms with Gasteiger partial charge in [-0.25, -0.2) is 8.42 Å². The highest BCUT2D eigenvalue weighted by molar-refractivity contribution is 7.92. The number of rotatable bonds is 13. The number of hydrogen-bond acceptors (Lipinski definition) is 5. The molecule has 0 saturated carbocycles. The molecule has 2 aromatic carbocycles. The van der Waals surface area contributed by atoms with E-state index in [9.17, 15) is 18.0 Å². The molecule has 0 unspecified atom stereocenters. The van der Waals surface area contributed by atoms with Gasteiger partial charge in [-0.1, -0.05) is 49.7 Å². The fraction of sp³-hybridized carbons (Fsp3) is 0.481. The van der Waals surface area contributed by atoms with E-state index in [4.69, 9.17) is 4.74 Å². The summed E-state index contributed by atoms with van der Waals surface area (Å²) >= 11 is 0. The molecule has 2 amide bonds. The van der Waals surface area contributed by atoms with Crippen molar-refractivity contribution in [2.24, 2.45) is 5.92 Å². The standard InChI is InChI=1S/C27H39N3O5S/c1-20(2)18-28-27(32)22(4)29(19-23-11-7-10-21(3)16-23)26(31)14-9-15-30(36(6,33)34)24-12-8-13-25(17-24)35-5/h7-8,10-13,16-17,20,22H,9,14-15,18-19H2,1-6H3,(H,28,32)/t22-/m1/s1. The number of carbonyl (C=O) groups is 2. The van der Waals surface area contributed by atoms with Gasteiger partial charge in [0.15, 0.2) is 0 Å². The quantitative estimate of drug-likeness (QED) is 0.437. The highest BCUT2D eigenvalue weighted by Crippen LogP contribution is 2.24. The molecule has 0 aromatic heterocycles. The van der Waals surface area contributed by atoms with E-state index >= 15 is 0 Å². The Morgan fingerprint density at radius 3 is 2.36 bits per heavy atom. The van der Waals surface area contributed by atoms with Crippen LogP contribution in [0, 0.1) is 12.8 Å². The van der Waals surface area contributed by atoms with E-state index in [0.717, 1.165) is 17.4 Å². The summed E-state index contributed by atoms with van der Waals surface area (Å²) < 4.78 is 31.4. The van der Waals surface area contributed by atoms with Gasteiger partial charge in [0, 0.05) is 32.1 Å². The average molecular weight is 518 g/mol. The average Bonchev–Trinajstić information content (AvgIpc) is 2.82. The third-order valence-electron chi connectivity index (χ3n) is 5.78. The zero-order chi connectivity index (χ0) is 26.9. The van der Waals surface area contributed by atoms with E-state index in [-0.39, 0.29) is 24.8 Å². The van der Waals surface area contributed by atoms with Crippen LogP contribution in [0.4, 0.5) is 5.69 Å². The molecule has 0 aliphatic heterocycles. The van der Waals surface area contributed by atoms with Gasteiger partial charge in [-0.3, -0.25) is 13.9 Å². The maximum absolute atomic E-state index is 13.3. The molecule has 0 aliphatic rings. The number of ether oxygens (including phenoxy) is 1. The summed E-state index contributed by atoms with van der Waals surface area (Å²) in [4.78, 5) is 27.7. The first kappa shape index (κ1) is 29.2. The summed E-state index contributed by atoms with van der Waals surface area (Å²) in [5, 5.41) is 2.91. The van der Waals surface area contributed by atoms with Gasteiger partial charge >= 0.3 is 0 Å². The largest absolute Gasteiger partial charge is 0.497 e. The molecule has 8 nitrogen and oxygen atoms in total. The van der Waals surface area contributed by atoms with E-state index in [1.165, 1.54) is 11.4 Å². The van der Waals surface area contributed by atoms with Crippen LogP contribution in [-0.4, -0.2) is 57.6 Å². The van der Waals surface area contributed by atoms with Crippen molar-refractivity contribution in [2.45, 2.75) is 53.1 Å². The fourth-order valence-electron chi connectivity index (χ4n) is 3.81. The summed E-state index contributed by atoms with van der Waals surface area (Å²) in [6.07, 6.45) is 1.54. The number of nitrogens with zero attached hydrogens (tertiary/aromatic N) is 2. The van der Waals surface area contributed by atoms with Gasteiger partial charge in [-0.15, -0.1) is 0 Å². The van der Waals surface area contributed by atoms with Gasteiger partial charge in [-0.2, -0.15) is 0 Å². The van der Waals surface area contributed by atoms with Gasteiger partial charge in [-0.05, 0) is 43.9 Å². The Balaban J connectivity index is 2.17. The van der Waals surface area contributed by atoms with E-state index in [1.807, 2.05) is 45.0 Å². The minimum Gasteiger partial charge on any atom is -0.497 e. The number of aryl methyl sites for hydroxylation is 1. The van der Waals surface area contributed by atoms with Crippen molar-refractivity contribution in [2.75, 3.05) is 30.8 Å². The number of methoxy groups -OCH3 is 1. The van der Waals surface area contributed by atoms with Crippen LogP contribution in [0.15, 0.2) is 48.5 Å². The molecular formula is C27H39N3O5S. The zero-order valence-corrected chi connectivity index (χ0v) is 23.0. The zero-order valence-electron chi connectivity index (χ0n) is 22.2. The topological polar surface area (TPSA) is 96.0 Å². The first-order chi connectivity index (χ1) is 16.9. The van der Waals surface area contributed by atoms with Crippen LogP contribution in [0.1, 0.15) is 44.7 Å². The lowest BCUT2D eigenvalue weighted by Gasteiger charge is -2.30.